The summed E-state index contributed by atoms with van der Waals surface area (Å²) in [6, 6.07) is 7.08. The van der Waals surface area contributed by atoms with E-state index in [-0.39, 0.29) is 5.54 Å². The minimum atomic E-state index is -0.872. The minimum absolute atomic E-state index is 0.219. The maximum Gasteiger partial charge on any atom is 0.335 e. The average Bonchev–Trinajstić information content (AvgIpc) is 2.16. The van der Waals surface area contributed by atoms with Crippen LogP contribution in [0.5, 0.6) is 0 Å². The summed E-state index contributed by atoms with van der Waals surface area (Å²) >= 11 is 1.66. The van der Waals surface area contributed by atoms with Crippen LogP contribution in [0.3, 0.4) is 0 Å². The van der Waals surface area contributed by atoms with Crippen molar-refractivity contribution >= 4 is 17.7 Å². The standard InChI is InChI=1S/C12H17NO2S/c1-12(2,13)8-16-7-9-5-3-4-6-10(9)11(14)15/h3-6H,7-8,13H2,1-2H3,(H,14,15). The molecule has 1 aromatic rings. The zero-order chi connectivity index (χ0) is 12.2. The van der Waals surface area contributed by atoms with E-state index in [2.05, 4.69) is 0 Å². The fourth-order valence-electron chi connectivity index (χ4n) is 1.28. The fourth-order valence-corrected chi connectivity index (χ4v) is 2.38. The van der Waals surface area contributed by atoms with Gasteiger partial charge in [0.05, 0.1) is 5.56 Å². The van der Waals surface area contributed by atoms with E-state index in [9.17, 15) is 4.79 Å². The number of hydrogen-bond donors (Lipinski definition) is 2. The smallest absolute Gasteiger partial charge is 0.335 e. The summed E-state index contributed by atoms with van der Waals surface area (Å²) in [4.78, 5) is 10.9. The zero-order valence-electron chi connectivity index (χ0n) is 9.56. The molecule has 4 heteroatoms. The molecule has 16 heavy (non-hydrogen) atoms. The largest absolute Gasteiger partial charge is 0.478 e. The Morgan fingerprint density at radius 2 is 2.06 bits per heavy atom. The van der Waals surface area contributed by atoms with Gasteiger partial charge in [-0.3, -0.25) is 0 Å². The summed E-state index contributed by atoms with van der Waals surface area (Å²) in [5.41, 5.74) is 6.87. The number of carboxylic acid groups (broad SMARTS) is 1. The van der Waals surface area contributed by atoms with Gasteiger partial charge in [-0.1, -0.05) is 18.2 Å². The molecule has 3 nitrogen and oxygen atoms in total. The Morgan fingerprint density at radius 1 is 1.44 bits per heavy atom. The van der Waals surface area contributed by atoms with Crippen LogP contribution in [-0.4, -0.2) is 22.4 Å². The topological polar surface area (TPSA) is 63.3 Å². The van der Waals surface area contributed by atoms with Gasteiger partial charge in [0, 0.05) is 17.0 Å². The van der Waals surface area contributed by atoms with Crippen LogP contribution >= 0.6 is 11.8 Å². The number of thioether (sulfide) groups is 1. The van der Waals surface area contributed by atoms with Gasteiger partial charge in [-0.15, -0.1) is 0 Å². The van der Waals surface area contributed by atoms with Crippen molar-refractivity contribution in [3.05, 3.63) is 35.4 Å². The molecule has 3 N–H and O–H groups in total. The van der Waals surface area contributed by atoms with Crippen LogP contribution in [0.25, 0.3) is 0 Å². The van der Waals surface area contributed by atoms with Crippen molar-refractivity contribution in [1.82, 2.24) is 0 Å². The van der Waals surface area contributed by atoms with Crippen molar-refractivity contribution in [2.45, 2.75) is 25.1 Å². The molecule has 0 heterocycles. The summed E-state index contributed by atoms with van der Waals surface area (Å²) in [5.74, 6) is 0.618. The molecule has 0 spiro atoms. The van der Waals surface area contributed by atoms with E-state index in [1.54, 1.807) is 23.9 Å². The van der Waals surface area contributed by atoms with Gasteiger partial charge in [0.25, 0.3) is 0 Å². The van der Waals surface area contributed by atoms with Gasteiger partial charge < -0.3 is 10.8 Å². The van der Waals surface area contributed by atoms with Gasteiger partial charge in [0.2, 0.25) is 0 Å². The van der Waals surface area contributed by atoms with Crippen LogP contribution in [0.4, 0.5) is 0 Å². The third-order valence-electron chi connectivity index (χ3n) is 1.98. The highest BCUT2D eigenvalue weighted by molar-refractivity contribution is 7.98. The van der Waals surface area contributed by atoms with Crippen LogP contribution in [0.1, 0.15) is 29.8 Å². The van der Waals surface area contributed by atoms with E-state index in [4.69, 9.17) is 10.8 Å². The molecule has 0 unspecified atom stereocenters. The Labute approximate surface area is 100 Å². The molecule has 0 radical (unpaired) electrons. The lowest BCUT2D eigenvalue weighted by Crippen LogP contribution is -2.34. The quantitative estimate of drug-likeness (QED) is 0.828. The van der Waals surface area contributed by atoms with Crippen LogP contribution in [0.2, 0.25) is 0 Å². The second kappa shape index (κ2) is 5.37. The third-order valence-corrected chi connectivity index (χ3v) is 3.44. The SMILES string of the molecule is CC(C)(N)CSCc1ccccc1C(=O)O. The van der Waals surface area contributed by atoms with Crippen molar-refractivity contribution in [3.63, 3.8) is 0 Å². The van der Waals surface area contributed by atoms with Gasteiger partial charge in [0.15, 0.2) is 0 Å². The lowest BCUT2D eigenvalue weighted by Gasteiger charge is -2.17. The molecule has 0 amide bonds. The first-order chi connectivity index (χ1) is 7.40. The molecule has 0 fully saturated rings. The number of benzene rings is 1. The van der Waals surface area contributed by atoms with E-state index in [0.717, 1.165) is 11.3 Å². The zero-order valence-corrected chi connectivity index (χ0v) is 10.4. The maximum atomic E-state index is 10.9. The molecule has 0 saturated carbocycles. The fraction of sp³-hybridized carbons (Fsp3) is 0.417. The minimum Gasteiger partial charge on any atom is -0.478 e. The Balaban J connectivity index is 2.64. The summed E-state index contributed by atoms with van der Waals surface area (Å²) in [6.07, 6.45) is 0. The Bertz CT molecular complexity index is 372. The van der Waals surface area contributed by atoms with Gasteiger partial charge in [0.1, 0.15) is 0 Å². The average molecular weight is 239 g/mol. The van der Waals surface area contributed by atoms with Crippen LogP contribution in [0, 0.1) is 0 Å². The Hall–Kier alpha value is -1.00. The first-order valence-electron chi connectivity index (χ1n) is 5.08. The van der Waals surface area contributed by atoms with Crippen molar-refractivity contribution in [2.24, 2.45) is 5.73 Å². The summed E-state index contributed by atoms with van der Waals surface area (Å²) < 4.78 is 0. The van der Waals surface area contributed by atoms with Gasteiger partial charge in [-0.25, -0.2) is 4.79 Å². The predicted octanol–water partition coefficient (Wildman–Crippen LogP) is 2.36. The first kappa shape index (κ1) is 13.1. The number of carbonyl (C=O) groups is 1. The van der Waals surface area contributed by atoms with E-state index in [0.29, 0.717) is 11.3 Å². The van der Waals surface area contributed by atoms with Crippen molar-refractivity contribution in [2.75, 3.05) is 5.75 Å². The molecule has 88 valence electrons. The summed E-state index contributed by atoms with van der Waals surface area (Å²) in [6.45, 7) is 3.92. The molecular weight excluding hydrogens is 222 g/mol. The van der Waals surface area contributed by atoms with Crippen molar-refractivity contribution in [1.29, 1.82) is 0 Å². The van der Waals surface area contributed by atoms with Crippen molar-refractivity contribution < 1.29 is 9.90 Å². The molecule has 0 aromatic heterocycles. The second-order valence-corrected chi connectivity index (χ2v) is 5.43. The van der Waals surface area contributed by atoms with Gasteiger partial charge in [-0.2, -0.15) is 11.8 Å². The lowest BCUT2D eigenvalue weighted by atomic mass is 10.1. The van der Waals surface area contributed by atoms with E-state index in [1.807, 2.05) is 26.0 Å². The number of hydrogen-bond acceptors (Lipinski definition) is 3. The van der Waals surface area contributed by atoms with E-state index in [1.165, 1.54) is 0 Å². The molecular formula is C12H17NO2S. The monoisotopic (exact) mass is 239 g/mol. The Morgan fingerprint density at radius 3 is 2.62 bits per heavy atom. The summed E-state index contributed by atoms with van der Waals surface area (Å²) in [7, 11) is 0. The number of carboxylic acids is 1. The Kier molecular flexibility index (Phi) is 4.38. The molecule has 0 atom stereocenters. The highest BCUT2D eigenvalue weighted by Gasteiger charge is 2.12. The highest BCUT2D eigenvalue weighted by Crippen LogP contribution is 2.19. The van der Waals surface area contributed by atoms with Crippen molar-refractivity contribution in [3.8, 4) is 0 Å². The van der Waals surface area contributed by atoms with E-state index < -0.39 is 5.97 Å². The number of aromatic carboxylic acids is 1. The molecule has 0 aliphatic heterocycles. The first-order valence-corrected chi connectivity index (χ1v) is 6.23. The molecule has 0 aliphatic rings. The second-order valence-electron chi connectivity index (χ2n) is 4.44. The lowest BCUT2D eigenvalue weighted by molar-refractivity contribution is 0.0696. The third kappa shape index (κ3) is 4.24. The molecule has 0 saturated heterocycles. The normalized spacial score (nSPS) is 11.4. The molecule has 1 rings (SSSR count). The van der Waals surface area contributed by atoms with Gasteiger partial charge >= 0.3 is 5.97 Å². The number of rotatable bonds is 5. The highest BCUT2D eigenvalue weighted by atomic mass is 32.2. The van der Waals surface area contributed by atoms with Crippen LogP contribution in [-0.2, 0) is 5.75 Å². The summed E-state index contributed by atoms with van der Waals surface area (Å²) in [5, 5.41) is 8.99. The maximum absolute atomic E-state index is 10.9. The van der Waals surface area contributed by atoms with Crippen LogP contribution < -0.4 is 5.73 Å². The number of nitrogens with two attached hydrogens (primary N) is 1. The van der Waals surface area contributed by atoms with E-state index >= 15 is 0 Å². The molecule has 0 bridgehead atoms. The molecule has 0 aliphatic carbocycles. The van der Waals surface area contributed by atoms with Crippen LogP contribution in [0.15, 0.2) is 24.3 Å². The predicted molar refractivity (Wildman–Crippen MR) is 67.8 cm³/mol. The van der Waals surface area contributed by atoms with Gasteiger partial charge in [-0.05, 0) is 25.5 Å². The molecule has 1 aromatic carbocycles.